The molecule has 0 atom stereocenters. The number of nitrogens with zero attached hydrogens (tertiary/aromatic N) is 1. The van der Waals surface area contributed by atoms with E-state index in [2.05, 4.69) is 4.74 Å². The van der Waals surface area contributed by atoms with Gasteiger partial charge in [0.2, 0.25) is 5.91 Å². The van der Waals surface area contributed by atoms with Crippen molar-refractivity contribution in [2.24, 2.45) is 0 Å². The van der Waals surface area contributed by atoms with Gasteiger partial charge in [0.05, 0.1) is 0 Å². The van der Waals surface area contributed by atoms with Gasteiger partial charge < -0.3 is 9.64 Å². The maximum Gasteiger partial charge on any atom is 0.411 e. The molecule has 1 aromatic carbocycles. The first-order valence-corrected chi connectivity index (χ1v) is 6.05. The molecule has 1 heterocycles. The fraction of sp³-hybridized carbons (Fsp3) is 0.462. The summed E-state index contributed by atoms with van der Waals surface area (Å²) in [6, 6.07) is 4.30. The van der Waals surface area contributed by atoms with Crippen LogP contribution in [0.2, 0.25) is 0 Å². The van der Waals surface area contributed by atoms with Crippen LogP contribution in [0, 0.1) is 5.82 Å². The lowest BCUT2D eigenvalue weighted by Crippen LogP contribution is -2.38. The van der Waals surface area contributed by atoms with Gasteiger partial charge in [-0.1, -0.05) is 6.07 Å². The van der Waals surface area contributed by atoms with Crippen LogP contribution >= 0.6 is 0 Å². The Balaban J connectivity index is 1.89. The van der Waals surface area contributed by atoms with Crippen LogP contribution in [-0.4, -0.2) is 36.7 Å². The summed E-state index contributed by atoms with van der Waals surface area (Å²) in [7, 11) is 0. The Morgan fingerprint density at radius 1 is 1.30 bits per heavy atom. The van der Waals surface area contributed by atoms with E-state index in [1.807, 2.05) is 0 Å². The van der Waals surface area contributed by atoms with Crippen molar-refractivity contribution in [1.29, 1.82) is 0 Å². The SMILES string of the molecule is O=C(COCC(F)(F)F)N1CCc2cc(F)ccc2C1. The molecule has 0 unspecified atom stereocenters. The first-order valence-electron chi connectivity index (χ1n) is 6.05. The number of benzene rings is 1. The zero-order valence-electron chi connectivity index (χ0n) is 10.5. The molecule has 0 aromatic heterocycles. The molecule has 1 aromatic rings. The van der Waals surface area contributed by atoms with Crippen molar-refractivity contribution in [2.45, 2.75) is 19.1 Å². The lowest BCUT2D eigenvalue weighted by Gasteiger charge is -2.28. The van der Waals surface area contributed by atoms with Crippen molar-refractivity contribution >= 4 is 5.91 Å². The molecule has 1 amide bonds. The van der Waals surface area contributed by atoms with Crippen LogP contribution in [-0.2, 0) is 22.5 Å². The molecule has 3 nitrogen and oxygen atoms in total. The highest BCUT2D eigenvalue weighted by Gasteiger charge is 2.28. The molecule has 0 fully saturated rings. The van der Waals surface area contributed by atoms with E-state index < -0.39 is 25.3 Å². The molecule has 0 radical (unpaired) electrons. The van der Waals surface area contributed by atoms with Gasteiger partial charge in [-0.3, -0.25) is 4.79 Å². The van der Waals surface area contributed by atoms with Gasteiger partial charge in [0.25, 0.3) is 0 Å². The van der Waals surface area contributed by atoms with E-state index in [4.69, 9.17) is 0 Å². The van der Waals surface area contributed by atoms with Gasteiger partial charge in [0.1, 0.15) is 19.0 Å². The summed E-state index contributed by atoms with van der Waals surface area (Å²) in [5, 5.41) is 0. The lowest BCUT2D eigenvalue weighted by atomic mass is 10.00. The van der Waals surface area contributed by atoms with E-state index in [1.54, 1.807) is 6.07 Å². The van der Waals surface area contributed by atoms with Crippen LogP contribution in [0.1, 0.15) is 11.1 Å². The summed E-state index contributed by atoms with van der Waals surface area (Å²) >= 11 is 0. The number of halogens is 4. The van der Waals surface area contributed by atoms with Gasteiger partial charge in [-0.05, 0) is 29.7 Å². The molecule has 0 aliphatic carbocycles. The van der Waals surface area contributed by atoms with Crippen molar-refractivity contribution in [1.82, 2.24) is 4.90 Å². The van der Waals surface area contributed by atoms with Crippen LogP contribution in [0.15, 0.2) is 18.2 Å². The minimum Gasteiger partial charge on any atom is -0.362 e. The van der Waals surface area contributed by atoms with E-state index in [9.17, 15) is 22.4 Å². The summed E-state index contributed by atoms with van der Waals surface area (Å²) in [5.41, 5.74) is 1.63. The first-order chi connectivity index (χ1) is 9.35. The van der Waals surface area contributed by atoms with Crippen LogP contribution in [0.5, 0.6) is 0 Å². The fourth-order valence-corrected chi connectivity index (χ4v) is 2.08. The monoisotopic (exact) mass is 291 g/mol. The molecule has 0 N–H and O–H groups in total. The number of alkyl halides is 3. The van der Waals surface area contributed by atoms with Crippen LogP contribution in [0.4, 0.5) is 17.6 Å². The minimum atomic E-state index is -4.44. The van der Waals surface area contributed by atoms with Crippen LogP contribution < -0.4 is 0 Å². The summed E-state index contributed by atoms with van der Waals surface area (Å²) in [6.07, 6.45) is -3.95. The standard InChI is InChI=1S/C13H13F4NO2/c14-11-2-1-10-6-18(4-3-9(10)5-11)12(19)7-20-8-13(15,16)17/h1-2,5H,3-4,6-8H2. The maximum absolute atomic E-state index is 13.0. The Hall–Kier alpha value is -1.63. The Kier molecular flexibility index (Phi) is 4.27. The van der Waals surface area contributed by atoms with Crippen LogP contribution in [0.25, 0.3) is 0 Å². The van der Waals surface area contributed by atoms with Gasteiger partial charge in [-0.25, -0.2) is 4.39 Å². The minimum absolute atomic E-state index is 0.268. The first kappa shape index (κ1) is 14.8. The van der Waals surface area contributed by atoms with Gasteiger partial charge in [0.15, 0.2) is 0 Å². The third-order valence-electron chi connectivity index (χ3n) is 3.02. The number of carbonyl (C=O) groups excluding carboxylic acids is 1. The quantitative estimate of drug-likeness (QED) is 0.800. The normalized spacial score (nSPS) is 15.1. The number of carbonyl (C=O) groups is 1. The highest BCUT2D eigenvalue weighted by atomic mass is 19.4. The molecular weight excluding hydrogens is 278 g/mol. The number of hydrogen-bond donors (Lipinski definition) is 0. The zero-order valence-corrected chi connectivity index (χ0v) is 10.5. The second kappa shape index (κ2) is 5.78. The third kappa shape index (κ3) is 3.93. The van der Waals surface area contributed by atoms with Crippen LogP contribution in [0.3, 0.4) is 0 Å². The zero-order chi connectivity index (χ0) is 14.8. The molecule has 0 bridgehead atoms. The summed E-state index contributed by atoms with van der Waals surface area (Å²) < 4.78 is 53.1. The Morgan fingerprint density at radius 2 is 2.05 bits per heavy atom. The second-order valence-corrected chi connectivity index (χ2v) is 4.59. The molecule has 0 saturated carbocycles. The number of fused-ring (bicyclic) bond motifs is 1. The molecule has 110 valence electrons. The van der Waals surface area contributed by atoms with Gasteiger partial charge in [0, 0.05) is 13.1 Å². The average Bonchev–Trinajstić information content (AvgIpc) is 2.36. The van der Waals surface area contributed by atoms with Crippen molar-refractivity contribution in [2.75, 3.05) is 19.8 Å². The van der Waals surface area contributed by atoms with Crippen molar-refractivity contribution in [3.63, 3.8) is 0 Å². The average molecular weight is 291 g/mol. The molecule has 1 aliphatic heterocycles. The van der Waals surface area contributed by atoms with E-state index in [0.29, 0.717) is 13.0 Å². The number of rotatable bonds is 3. The van der Waals surface area contributed by atoms with Crippen molar-refractivity contribution in [3.05, 3.63) is 35.1 Å². The number of amides is 1. The topological polar surface area (TPSA) is 29.5 Å². The predicted octanol–water partition coefficient (Wildman–Crippen LogP) is 2.29. The Labute approximate surface area is 113 Å². The van der Waals surface area contributed by atoms with E-state index in [-0.39, 0.29) is 12.4 Å². The Morgan fingerprint density at radius 3 is 2.75 bits per heavy atom. The molecule has 20 heavy (non-hydrogen) atoms. The van der Waals surface area contributed by atoms with Gasteiger partial charge in [-0.2, -0.15) is 13.2 Å². The lowest BCUT2D eigenvalue weighted by molar-refractivity contribution is -0.178. The molecule has 0 spiro atoms. The molecule has 7 heteroatoms. The number of hydrogen-bond acceptors (Lipinski definition) is 2. The van der Waals surface area contributed by atoms with Crippen molar-refractivity contribution in [3.8, 4) is 0 Å². The van der Waals surface area contributed by atoms with Gasteiger partial charge in [-0.15, -0.1) is 0 Å². The summed E-state index contributed by atoms with van der Waals surface area (Å²) in [4.78, 5) is 13.1. The Bertz CT molecular complexity index is 502. The predicted molar refractivity (Wildman–Crippen MR) is 62.4 cm³/mol. The van der Waals surface area contributed by atoms with E-state index in [1.165, 1.54) is 17.0 Å². The van der Waals surface area contributed by atoms with Gasteiger partial charge >= 0.3 is 6.18 Å². The van der Waals surface area contributed by atoms with E-state index >= 15 is 0 Å². The summed E-state index contributed by atoms with van der Waals surface area (Å²) in [6.45, 7) is -1.42. The number of ether oxygens (including phenoxy) is 1. The van der Waals surface area contributed by atoms with Crippen molar-refractivity contribution < 1.29 is 27.1 Å². The highest BCUT2D eigenvalue weighted by Crippen LogP contribution is 2.20. The molecule has 2 rings (SSSR count). The molecule has 0 saturated heterocycles. The second-order valence-electron chi connectivity index (χ2n) is 4.59. The molecular formula is C13H13F4NO2. The smallest absolute Gasteiger partial charge is 0.362 e. The molecule has 1 aliphatic rings. The highest BCUT2D eigenvalue weighted by molar-refractivity contribution is 5.77. The summed E-state index contributed by atoms with van der Waals surface area (Å²) in [5.74, 6) is -0.832. The fourth-order valence-electron chi connectivity index (χ4n) is 2.08. The third-order valence-corrected chi connectivity index (χ3v) is 3.02. The van der Waals surface area contributed by atoms with E-state index in [0.717, 1.165) is 11.1 Å². The maximum atomic E-state index is 13.0. The largest absolute Gasteiger partial charge is 0.411 e.